The summed E-state index contributed by atoms with van der Waals surface area (Å²) in [6, 6.07) is 5.69. The standard InChI is InChI=1S/C25H30O6S/c1-16(17-5-6-17)21-8-7-18-3-2-4-22(18)23(21)12-20(26)14-32(28,29)24-11-19(13-31-24)25(27)9-10-30-15-25/h7-8,11,13,16-17,27H,2-6,9-10,12,14-15H2,1H3/t16-,25?/m1/s1. The molecule has 0 amide bonds. The summed E-state index contributed by atoms with van der Waals surface area (Å²) in [5.41, 5.74) is 3.96. The van der Waals surface area contributed by atoms with Gasteiger partial charge in [-0.05, 0) is 66.2 Å². The molecule has 1 saturated heterocycles. The van der Waals surface area contributed by atoms with Crippen molar-refractivity contribution >= 4 is 15.6 Å². The molecule has 1 saturated carbocycles. The third-order valence-corrected chi connectivity index (χ3v) is 8.93. The van der Waals surface area contributed by atoms with E-state index in [9.17, 15) is 18.3 Å². The van der Waals surface area contributed by atoms with Crippen molar-refractivity contribution in [1.82, 2.24) is 0 Å². The SMILES string of the molecule is C[C@@H](c1ccc2c(c1CC(=O)CS(=O)(=O)c1cc(C3(O)CCOC3)co1)CCC2)C1CC1. The van der Waals surface area contributed by atoms with E-state index in [1.165, 1.54) is 41.9 Å². The van der Waals surface area contributed by atoms with Crippen molar-refractivity contribution in [2.45, 2.75) is 68.5 Å². The van der Waals surface area contributed by atoms with E-state index in [0.29, 0.717) is 30.4 Å². The lowest BCUT2D eigenvalue weighted by Gasteiger charge is -2.19. The Labute approximate surface area is 188 Å². The maximum absolute atomic E-state index is 13.0. The molecule has 5 rings (SSSR count). The van der Waals surface area contributed by atoms with Crippen LogP contribution in [-0.4, -0.2) is 38.3 Å². The highest BCUT2D eigenvalue weighted by molar-refractivity contribution is 7.92. The predicted octanol–water partition coefficient (Wildman–Crippen LogP) is 3.48. The van der Waals surface area contributed by atoms with Crippen LogP contribution >= 0.6 is 0 Å². The summed E-state index contributed by atoms with van der Waals surface area (Å²) < 4.78 is 36.3. The average molecular weight is 459 g/mol. The minimum absolute atomic E-state index is 0.103. The number of aliphatic hydroxyl groups is 1. The number of fused-ring (bicyclic) bond motifs is 1. The highest BCUT2D eigenvalue weighted by atomic mass is 32.2. The van der Waals surface area contributed by atoms with Crippen molar-refractivity contribution in [1.29, 1.82) is 0 Å². The molecule has 1 unspecified atom stereocenters. The normalized spacial score (nSPS) is 23.9. The molecule has 0 bridgehead atoms. The smallest absolute Gasteiger partial charge is 0.218 e. The highest BCUT2D eigenvalue weighted by Gasteiger charge is 2.37. The van der Waals surface area contributed by atoms with Crippen molar-refractivity contribution < 1.29 is 27.5 Å². The summed E-state index contributed by atoms with van der Waals surface area (Å²) in [4.78, 5) is 13.0. The number of sulfone groups is 1. The summed E-state index contributed by atoms with van der Waals surface area (Å²) in [5, 5.41) is 10.3. The van der Waals surface area contributed by atoms with Gasteiger partial charge >= 0.3 is 0 Å². The second-order valence-electron chi connectivity index (χ2n) is 9.71. The zero-order valence-electron chi connectivity index (χ0n) is 18.4. The summed E-state index contributed by atoms with van der Waals surface area (Å²) in [6.45, 7) is 2.73. The average Bonchev–Trinajstić information content (AvgIpc) is 3.13. The van der Waals surface area contributed by atoms with Crippen LogP contribution in [0.25, 0.3) is 0 Å². The van der Waals surface area contributed by atoms with Gasteiger partial charge in [0.25, 0.3) is 0 Å². The van der Waals surface area contributed by atoms with Crippen LogP contribution in [0.1, 0.15) is 66.3 Å². The molecule has 1 aromatic heterocycles. The van der Waals surface area contributed by atoms with Gasteiger partial charge in [0.2, 0.25) is 14.9 Å². The van der Waals surface area contributed by atoms with Crippen LogP contribution in [0.5, 0.6) is 0 Å². The van der Waals surface area contributed by atoms with Gasteiger partial charge in [-0.2, -0.15) is 0 Å². The Morgan fingerprint density at radius 1 is 1.28 bits per heavy atom. The molecular weight excluding hydrogens is 428 g/mol. The molecular formula is C25H30O6S. The number of ketones is 1. The number of hydrogen-bond donors (Lipinski definition) is 1. The van der Waals surface area contributed by atoms with Gasteiger partial charge in [-0.15, -0.1) is 0 Å². The first-order chi connectivity index (χ1) is 15.3. The van der Waals surface area contributed by atoms with Gasteiger partial charge in [0.1, 0.15) is 11.4 Å². The molecule has 3 aliphatic rings. The van der Waals surface area contributed by atoms with Crippen molar-refractivity contribution in [3.05, 3.63) is 52.3 Å². The molecule has 2 fully saturated rings. The first-order valence-electron chi connectivity index (χ1n) is 11.5. The van der Waals surface area contributed by atoms with Gasteiger partial charge < -0.3 is 14.3 Å². The molecule has 2 atom stereocenters. The van der Waals surface area contributed by atoms with Crippen LogP contribution in [0.2, 0.25) is 0 Å². The first kappa shape index (κ1) is 21.9. The fourth-order valence-corrected chi connectivity index (χ4v) is 6.45. The molecule has 0 radical (unpaired) electrons. The van der Waals surface area contributed by atoms with Gasteiger partial charge in [-0.25, -0.2) is 8.42 Å². The maximum Gasteiger partial charge on any atom is 0.218 e. The van der Waals surface area contributed by atoms with E-state index in [1.807, 2.05) is 0 Å². The van der Waals surface area contributed by atoms with E-state index in [2.05, 4.69) is 19.1 Å². The molecule has 32 heavy (non-hydrogen) atoms. The fraction of sp³-hybridized carbons (Fsp3) is 0.560. The first-order valence-corrected chi connectivity index (χ1v) is 13.2. The topological polar surface area (TPSA) is 93.8 Å². The Hall–Kier alpha value is -1.96. The Morgan fingerprint density at radius 3 is 2.81 bits per heavy atom. The van der Waals surface area contributed by atoms with Crippen molar-refractivity contribution in [3.63, 3.8) is 0 Å². The number of hydrogen-bond acceptors (Lipinski definition) is 6. The number of rotatable bonds is 8. The van der Waals surface area contributed by atoms with Gasteiger partial charge in [0.05, 0.1) is 12.9 Å². The monoisotopic (exact) mass is 458 g/mol. The minimum Gasteiger partial charge on any atom is -0.453 e. The third kappa shape index (κ3) is 4.06. The minimum atomic E-state index is -3.93. The van der Waals surface area contributed by atoms with Gasteiger partial charge in [-0.1, -0.05) is 19.1 Å². The van der Waals surface area contributed by atoms with E-state index in [1.54, 1.807) is 0 Å². The molecule has 1 aromatic carbocycles. The second kappa shape index (κ2) is 8.12. The number of Topliss-reactive ketones (excluding diaryl/α,β-unsaturated/α-hetero) is 1. The van der Waals surface area contributed by atoms with E-state index >= 15 is 0 Å². The molecule has 2 aliphatic carbocycles. The number of carbonyl (C=O) groups is 1. The number of furan rings is 1. The van der Waals surface area contributed by atoms with Crippen molar-refractivity contribution in [2.75, 3.05) is 19.0 Å². The zero-order valence-corrected chi connectivity index (χ0v) is 19.2. The van der Waals surface area contributed by atoms with Crippen LogP contribution in [0.3, 0.4) is 0 Å². The number of ether oxygens (including phenoxy) is 1. The lowest BCUT2D eigenvalue weighted by Crippen LogP contribution is -2.25. The Bertz CT molecular complexity index is 1140. The molecule has 172 valence electrons. The Balaban J connectivity index is 1.36. The summed E-state index contributed by atoms with van der Waals surface area (Å²) >= 11 is 0. The van der Waals surface area contributed by atoms with Crippen LogP contribution < -0.4 is 0 Å². The molecule has 6 nitrogen and oxygen atoms in total. The lowest BCUT2D eigenvalue weighted by atomic mass is 9.86. The zero-order chi connectivity index (χ0) is 22.5. The van der Waals surface area contributed by atoms with Crippen molar-refractivity contribution in [3.8, 4) is 0 Å². The summed E-state index contributed by atoms with van der Waals surface area (Å²) in [5.74, 6) is 0.132. The Kier molecular flexibility index (Phi) is 5.55. The largest absolute Gasteiger partial charge is 0.453 e. The molecule has 2 heterocycles. The lowest BCUT2D eigenvalue weighted by molar-refractivity contribution is -0.116. The molecule has 2 aromatic rings. The molecule has 1 N–H and O–H groups in total. The van der Waals surface area contributed by atoms with E-state index in [4.69, 9.17) is 9.15 Å². The van der Waals surface area contributed by atoms with E-state index in [0.717, 1.165) is 24.8 Å². The molecule has 0 spiro atoms. The molecule has 1 aliphatic heterocycles. The van der Waals surface area contributed by atoms with Crippen molar-refractivity contribution in [2.24, 2.45) is 5.92 Å². The summed E-state index contributed by atoms with van der Waals surface area (Å²) in [6.07, 6.45) is 7.28. The number of carbonyl (C=O) groups excluding carboxylic acids is 1. The van der Waals surface area contributed by atoms with Crippen LogP contribution in [-0.2, 0) is 44.2 Å². The van der Waals surface area contributed by atoms with Gasteiger partial charge in [-0.3, -0.25) is 4.79 Å². The van der Waals surface area contributed by atoms with Gasteiger partial charge in [0, 0.05) is 31.1 Å². The van der Waals surface area contributed by atoms with Crippen LogP contribution in [0, 0.1) is 5.92 Å². The third-order valence-electron chi connectivity index (χ3n) is 7.40. The van der Waals surface area contributed by atoms with E-state index in [-0.39, 0.29) is 23.9 Å². The predicted molar refractivity (Wildman–Crippen MR) is 118 cm³/mol. The molecule has 7 heteroatoms. The van der Waals surface area contributed by atoms with Gasteiger partial charge in [0.15, 0.2) is 5.78 Å². The maximum atomic E-state index is 13.0. The van der Waals surface area contributed by atoms with E-state index < -0.39 is 21.2 Å². The summed E-state index contributed by atoms with van der Waals surface area (Å²) in [7, 11) is -3.93. The quantitative estimate of drug-likeness (QED) is 0.651. The highest BCUT2D eigenvalue weighted by Crippen LogP contribution is 2.44. The number of aryl methyl sites for hydroxylation is 1. The van der Waals surface area contributed by atoms with Crippen LogP contribution in [0.4, 0.5) is 0 Å². The second-order valence-corrected chi connectivity index (χ2v) is 11.6. The number of benzene rings is 1. The fourth-order valence-electron chi connectivity index (χ4n) is 5.28. The van der Waals surface area contributed by atoms with Crippen LogP contribution in [0.15, 0.2) is 34.0 Å². The Morgan fingerprint density at radius 2 is 2.09 bits per heavy atom.